The summed E-state index contributed by atoms with van der Waals surface area (Å²) in [5, 5.41) is 1.74. The summed E-state index contributed by atoms with van der Waals surface area (Å²) in [6.07, 6.45) is 0. The van der Waals surface area contributed by atoms with Crippen molar-refractivity contribution in [3.63, 3.8) is 0 Å². The summed E-state index contributed by atoms with van der Waals surface area (Å²) in [5.41, 5.74) is 0.104. The van der Waals surface area contributed by atoms with Gasteiger partial charge in [-0.2, -0.15) is 0 Å². The molecule has 0 N–H and O–H groups in total. The number of ketones is 1. The molecule has 0 aliphatic heterocycles. The van der Waals surface area contributed by atoms with Gasteiger partial charge in [-0.25, -0.2) is 8.78 Å². The van der Waals surface area contributed by atoms with Gasteiger partial charge in [0.2, 0.25) is 5.78 Å². The molecule has 17 heavy (non-hydrogen) atoms. The molecule has 0 unspecified atom stereocenters. The summed E-state index contributed by atoms with van der Waals surface area (Å²) >= 11 is 7.36. The number of halogens is 4. The third kappa shape index (κ3) is 2.34. The van der Waals surface area contributed by atoms with E-state index >= 15 is 0 Å². The normalized spacial score (nSPS) is 10.6. The minimum atomic E-state index is -1.05. The van der Waals surface area contributed by atoms with Gasteiger partial charge in [0.1, 0.15) is 0 Å². The summed E-state index contributed by atoms with van der Waals surface area (Å²) in [6, 6.07) is 3.93. The van der Waals surface area contributed by atoms with Crippen LogP contribution < -0.4 is 0 Å². The molecule has 0 radical (unpaired) electrons. The highest BCUT2D eigenvalue weighted by Gasteiger charge is 2.20. The Labute approximate surface area is 117 Å². The molecule has 88 valence electrons. The average molecular weight is 382 g/mol. The Morgan fingerprint density at radius 3 is 2.47 bits per heavy atom. The summed E-state index contributed by atoms with van der Waals surface area (Å²) in [7, 11) is 0. The van der Waals surface area contributed by atoms with Gasteiger partial charge in [0, 0.05) is 10.0 Å². The summed E-state index contributed by atoms with van der Waals surface area (Å²) in [5.74, 6) is -2.39. The molecule has 2 aromatic rings. The van der Waals surface area contributed by atoms with Crippen LogP contribution in [0.15, 0.2) is 32.5 Å². The summed E-state index contributed by atoms with van der Waals surface area (Å²) in [4.78, 5) is 12.5. The molecule has 1 nitrogen and oxygen atoms in total. The summed E-state index contributed by atoms with van der Waals surface area (Å²) in [6.45, 7) is 0. The number of benzene rings is 1. The van der Waals surface area contributed by atoms with Crippen LogP contribution >= 0.6 is 43.2 Å². The zero-order valence-electron chi connectivity index (χ0n) is 8.14. The van der Waals surface area contributed by atoms with Gasteiger partial charge in [-0.15, -0.1) is 11.3 Å². The Bertz CT molecular complexity index is 595. The van der Waals surface area contributed by atoms with Crippen molar-refractivity contribution in [2.24, 2.45) is 0 Å². The van der Waals surface area contributed by atoms with Gasteiger partial charge < -0.3 is 0 Å². The lowest BCUT2D eigenvalue weighted by Gasteiger charge is -2.04. The standard InChI is InChI=1S/C11H4Br2F2OS/c12-6-3-4-17-11(6)10(16)5-1-2-7(14)9(15)8(5)13/h1-4H. The van der Waals surface area contributed by atoms with Crippen molar-refractivity contribution in [3.8, 4) is 0 Å². The predicted octanol–water partition coefficient (Wildman–Crippen LogP) is 4.78. The third-order valence-electron chi connectivity index (χ3n) is 2.10. The number of carbonyl (C=O) groups is 1. The maximum atomic E-state index is 13.3. The third-order valence-corrected chi connectivity index (χ3v) is 4.71. The van der Waals surface area contributed by atoms with Crippen molar-refractivity contribution < 1.29 is 13.6 Å². The Morgan fingerprint density at radius 1 is 1.18 bits per heavy atom. The molecule has 1 aromatic heterocycles. The SMILES string of the molecule is O=C(c1ccc(F)c(F)c1Br)c1sccc1Br. The van der Waals surface area contributed by atoms with Gasteiger partial charge in [-0.1, -0.05) is 0 Å². The molecule has 0 aliphatic carbocycles. The lowest BCUT2D eigenvalue weighted by atomic mass is 10.1. The van der Waals surface area contributed by atoms with Gasteiger partial charge >= 0.3 is 0 Å². The number of hydrogen-bond acceptors (Lipinski definition) is 2. The first kappa shape index (κ1) is 12.9. The zero-order valence-corrected chi connectivity index (χ0v) is 12.1. The zero-order chi connectivity index (χ0) is 12.6. The fourth-order valence-electron chi connectivity index (χ4n) is 1.28. The number of thiophene rings is 1. The van der Waals surface area contributed by atoms with Crippen LogP contribution in [0.25, 0.3) is 0 Å². The van der Waals surface area contributed by atoms with E-state index in [0.717, 1.165) is 6.07 Å². The van der Waals surface area contributed by atoms with Crippen molar-refractivity contribution in [3.05, 3.63) is 54.6 Å². The molecule has 1 aromatic carbocycles. The van der Waals surface area contributed by atoms with Crippen LogP contribution in [0.1, 0.15) is 15.2 Å². The minimum absolute atomic E-state index is 0.104. The maximum absolute atomic E-state index is 13.3. The van der Waals surface area contributed by atoms with Crippen molar-refractivity contribution in [2.45, 2.75) is 0 Å². The molecule has 6 heteroatoms. The fourth-order valence-corrected chi connectivity index (χ4v) is 3.29. The number of carbonyl (C=O) groups excluding carboxylic acids is 1. The van der Waals surface area contributed by atoms with E-state index in [0.29, 0.717) is 9.35 Å². The number of hydrogen-bond donors (Lipinski definition) is 0. The average Bonchev–Trinajstić information content (AvgIpc) is 2.72. The molecular weight excluding hydrogens is 378 g/mol. The molecule has 2 rings (SSSR count). The van der Waals surface area contributed by atoms with Gasteiger partial charge in [0.25, 0.3) is 0 Å². The van der Waals surface area contributed by atoms with Crippen molar-refractivity contribution in [1.82, 2.24) is 0 Å². The number of rotatable bonds is 2. The molecule has 0 fully saturated rings. The second-order valence-corrected chi connectivity index (χ2v) is 5.71. The highest BCUT2D eigenvalue weighted by Crippen LogP contribution is 2.30. The Hall–Kier alpha value is -0.590. The van der Waals surface area contributed by atoms with Crippen molar-refractivity contribution in [2.75, 3.05) is 0 Å². The van der Waals surface area contributed by atoms with Crippen LogP contribution in [0.2, 0.25) is 0 Å². The fraction of sp³-hybridized carbons (Fsp3) is 0. The van der Waals surface area contributed by atoms with Crippen molar-refractivity contribution >= 4 is 49.0 Å². The predicted molar refractivity (Wildman–Crippen MR) is 69.5 cm³/mol. The van der Waals surface area contributed by atoms with Crippen LogP contribution in [-0.4, -0.2) is 5.78 Å². The molecule has 0 bridgehead atoms. The Kier molecular flexibility index (Phi) is 3.75. The molecule has 0 saturated carbocycles. The Morgan fingerprint density at radius 2 is 1.88 bits per heavy atom. The smallest absolute Gasteiger partial charge is 0.205 e. The van der Waals surface area contributed by atoms with Crippen LogP contribution in [0.4, 0.5) is 8.78 Å². The van der Waals surface area contributed by atoms with Crippen LogP contribution in [-0.2, 0) is 0 Å². The first-order valence-corrected chi connectivity index (χ1v) is 6.90. The van der Waals surface area contributed by atoms with E-state index in [9.17, 15) is 13.6 Å². The van der Waals surface area contributed by atoms with Crippen LogP contribution in [0.3, 0.4) is 0 Å². The molecule has 0 amide bonds. The van der Waals surface area contributed by atoms with Gasteiger partial charge in [-0.3, -0.25) is 4.79 Å². The van der Waals surface area contributed by atoms with E-state index in [1.54, 1.807) is 11.4 Å². The summed E-state index contributed by atoms with van der Waals surface area (Å²) < 4.78 is 26.7. The second-order valence-electron chi connectivity index (χ2n) is 3.15. The van der Waals surface area contributed by atoms with E-state index in [-0.39, 0.29) is 15.8 Å². The van der Waals surface area contributed by atoms with Gasteiger partial charge in [0.15, 0.2) is 11.6 Å². The first-order chi connectivity index (χ1) is 8.02. The van der Waals surface area contributed by atoms with Crippen molar-refractivity contribution in [1.29, 1.82) is 0 Å². The van der Waals surface area contributed by atoms with Gasteiger partial charge in [0.05, 0.1) is 9.35 Å². The quantitative estimate of drug-likeness (QED) is 0.540. The monoisotopic (exact) mass is 380 g/mol. The molecule has 0 atom stereocenters. The lowest BCUT2D eigenvalue weighted by molar-refractivity contribution is 0.104. The van der Waals surface area contributed by atoms with E-state index in [1.807, 2.05) is 0 Å². The van der Waals surface area contributed by atoms with Gasteiger partial charge in [-0.05, 0) is 55.4 Å². The lowest BCUT2D eigenvalue weighted by Crippen LogP contribution is -2.03. The van der Waals surface area contributed by atoms with E-state index < -0.39 is 11.6 Å². The maximum Gasteiger partial charge on any atom is 0.205 e. The highest BCUT2D eigenvalue weighted by atomic mass is 79.9. The van der Waals surface area contributed by atoms with Crippen LogP contribution in [0.5, 0.6) is 0 Å². The largest absolute Gasteiger partial charge is 0.288 e. The highest BCUT2D eigenvalue weighted by molar-refractivity contribution is 9.11. The molecule has 0 saturated heterocycles. The van der Waals surface area contributed by atoms with E-state index in [1.165, 1.54) is 17.4 Å². The molecule has 1 heterocycles. The van der Waals surface area contributed by atoms with E-state index in [2.05, 4.69) is 31.9 Å². The first-order valence-electron chi connectivity index (χ1n) is 4.43. The Balaban J connectivity index is 2.53. The molecular formula is C11H4Br2F2OS. The molecule has 0 aliphatic rings. The van der Waals surface area contributed by atoms with Crippen LogP contribution in [0, 0.1) is 11.6 Å². The second kappa shape index (κ2) is 4.96. The van der Waals surface area contributed by atoms with E-state index in [4.69, 9.17) is 0 Å². The minimum Gasteiger partial charge on any atom is -0.288 e. The molecule has 0 spiro atoms. The topological polar surface area (TPSA) is 17.1 Å².